The summed E-state index contributed by atoms with van der Waals surface area (Å²) in [5.74, 6) is 0.950. The molecule has 1 aromatic carbocycles. The van der Waals surface area contributed by atoms with Gasteiger partial charge in [0.15, 0.2) is 0 Å². The Labute approximate surface area is 127 Å². The van der Waals surface area contributed by atoms with Crippen molar-refractivity contribution in [2.45, 2.75) is 37.5 Å². The van der Waals surface area contributed by atoms with Gasteiger partial charge in [-0.3, -0.25) is 4.90 Å². The zero-order chi connectivity index (χ0) is 14.8. The van der Waals surface area contributed by atoms with Crippen LogP contribution in [0, 0.1) is 0 Å². The number of ether oxygens (including phenoxy) is 2. The lowest BCUT2D eigenvalue weighted by molar-refractivity contribution is 0.0925. The van der Waals surface area contributed by atoms with Crippen molar-refractivity contribution >= 4 is 0 Å². The molecule has 0 amide bonds. The molecule has 2 aliphatic rings. The Morgan fingerprint density at radius 2 is 2.10 bits per heavy atom. The van der Waals surface area contributed by atoms with Crippen LogP contribution in [0.1, 0.15) is 30.0 Å². The zero-order valence-corrected chi connectivity index (χ0v) is 13.3. The molecule has 116 valence electrons. The first-order valence-electron chi connectivity index (χ1n) is 7.87. The van der Waals surface area contributed by atoms with Crippen molar-refractivity contribution in [2.24, 2.45) is 0 Å². The predicted molar refractivity (Wildman–Crippen MR) is 83.9 cm³/mol. The highest BCUT2D eigenvalue weighted by Gasteiger charge is 2.36. The summed E-state index contributed by atoms with van der Waals surface area (Å²) in [5, 5.41) is 3.53. The van der Waals surface area contributed by atoms with Crippen LogP contribution >= 0.6 is 0 Å². The maximum Gasteiger partial charge on any atom is 0.119 e. The predicted octanol–water partition coefficient (Wildman–Crippen LogP) is 1.99. The standard InChI is InChI=1S/C17H26N2O2/c1-18-17-15-10-13(20-2)6-4-12(15)5-7-16(17)19-9-8-14(11-19)21-3/h4,6,10,14,16-18H,5,7-9,11H2,1-3H3. The quantitative estimate of drug-likeness (QED) is 0.919. The van der Waals surface area contributed by atoms with Crippen molar-refractivity contribution < 1.29 is 9.47 Å². The van der Waals surface area contributed by atoms with Crippen molar-refractivity contribution in [2.75, 3.05) is 34.4 Å². The van der Waals surface area contributed by atoms with Crippen molar-refractivity contribution in [3.05, 3.63) is 29.3 Å². The lowest BCUT2D eigenvalue weighted by atomic mass is 9.83. The largest absolute Gasteiger partial charge is 0.497 e. The minimum absolute atomic E-state index is 0.374. The van der Waals surface area contributed by atoms with Gasteiger partial charge >= 0.3 is 0 Å². The van der Waals surface area contributed by atoms with Crippen LogP contribution in [-0.2, 0) is 11.2 Å². The average molecular weight is 290 g/mol. The Bertz CT molecular complexity index is 492. The zero-order valence-electron chi connectivity index (χ0n) is 13.3. The molecular formula is C17H26N2O2. The van der Waals surface area contributed by atoms with E-state index in [1.54, 1.807) is 7.11 Å². The summed E-state index contributed by atoms with van der Waals surface area (Å²) in [5.41, 5.74) is 2.85. The van der Waals surface area contributed by atoms with Gasteiger partial charge in [0.25, 0.3) is 0 Å². The van der Waals surface area contributed by atoms with Gasteiger partial charge in [0.05, 0.1) is 13.2 Å². The fourth-order valence-corrected chi connectivity index (χ4v) is 3.88. The van der Waals surface area contributed by atoms with E-state index in [-0.39, 0.29) is 0 Å². The second-order valence-electron chi connectivity index (χ2n) is 6.08. The lowest BCUT2D eigenvalue weighted by Crippen LogP contribution is -2.45. The van der Waals surface area contributed by atoms with Crippen molar-refractivity contribution in [1.82, 2.24) is 10.2 Å². The van der Waals surface area contributed by atoms with Crippen molar-refractivity contribution in [3.8, 4) is 5.75 Å². The smallest absolute Gasteiger partial charge is 0.119 e. The normalized spacial score (nSPS) is 29.4. The summed E-state index contributed by atoms with van der Waals surface area (Å²) in [4.78, 5) is 2.59. The van der Waals surface area contributed by atoms with E-state index in [0.717, 1.165) is 31.7 Å². The fraction of sp³-hybridized carbons (Fsp3) is 0.647. The van der Waals surface area contributed by atoms with Gasteiger partial charge in [-0.2, -0.15) is 0 Å². The molecule has 0 saturated carbocycles. The van der Waals surface area contributed by atoms with Gasteiger partial charge in [-0.05, 0) is 49.6 Å². The number of likely N-dealkylation sites (N-methyl/N-ethyl adjacent to an activating group) is 1. The van der Waals surface area contributed by atoms with Gasteiger partial charge in [0.1, 0.15) is 5.75 Å². The van der Waals surface area contributed by atoms with Crippen LogP contribution in [0.2, 0.25) is 0 Å². The third-order valence-electron chi connectivity index (χ3n) is 5.07. The molecule has 1 aliphatic heterocycles. The molecule has 4 heteroatoms. The summed E-state index contributed by atoms with van der Waals surface area (Å²) in [6.07, 6.45) is 3.90. The van der Waals surface area contributed by atoms with Gasteiger partial charge in [-0.25, -0.2) is 0 Å². The highest BCUT2D eigenvalue weighted by Crippen LogP contribution is 2.36. The molecule has 1 aromatic rings. The van der Waals surface area contributed by atoms with Gasteiger partial charge in [-0.15, -0.1) is 0 Å². The maximum atomic E-state index is 5.52. The summed E-state index contributed by atoms with van der Waals surface area (Å²) in [6.45, 7) is 2.19. The second-order valence-corrected chi connectivity index (χ2v) is 6.08. The Kier molecular flexibility index (Phi) is 4.48. The monoisotopic (exact) mass is 290 g/mol. The van der Waals surface area contributed by atoms with Crippen LogP contribution in [0.15, 0.2) is 18.2 Å². The molecule has 3 unspecified atom stereocenters. The summed E-state index contributed by atoms with van der Waals surface area (Å²) in [7, 11) is 5.63. The topological polar surface area (TPSA) is 33.7 Å². The highest BCUT2D eigenvalue weighted by atomic mass is 16.5. The van der Waals surface area contributed by atoms with E-state index in [2.05, 4.69) is 35.5 Å². The number of nitrogens with zero attached hydrogens (tertiary/aromatic N) is 1. The number of hydrogen-bond acceptors (Lipinski definition) is 4. The first-order valence-corrected chi connectivity index (χ1v) is 7.87. The van der Waals surface area contributed by atoms with Crippen molar-refractivity contribution in [1.29, 1.82) is 0 Å². The molecular weight excluding hydrogens is 264 g/mol. The molecule has 1 aliphatic carbocycles. The van der Waals surface area contributed by atoms with E-state index in [1.807, 2.05) is 7.11 Å². The number of benzene rings is 1. The molecule has 3 rings (SSSR count). The third-order valence-corrected chi connectivity index (χ3v) is 5.07. The lowest BCUT2D eigenvalue weighted by Gasteiger charge is -2.39. The summed E-state index contributed by atoms with van der Waals surface area (Å²) >= 11 is 0. The fourth-order valence-electron chi connectivity index (χ4n) is 3.88. The third kappa shape index (κ3) is 2.80. The van der Waals surface area contributed by atoms with Crippen LogP contribution < -0.4 is 10.1 Å². The molecule has 0 radical (unpaired) electrons. The molecule has 4 nitrogen and oxygen atoms in total. The minimum Gasteiger partial charge on any atom is -0.497 e. The number of methoxy groups -OCH3 is 2. The first kappa shape index (κ1) is 14.8. The first-order chi connectivity index (χ1) is 10.3. The van der Waals surface area contributed by atoms with Crippen LogP contribution in [0.25, 0.3) is 0 Å². The molecule has 1 N–H and O–H groups in total. The number of likely N-dealkylation sites (tertiary alicyclic amines) is 1. The van der Waals surface area contributed by atoms with E-state index >= 15 is 0 Å². The molecule has 3 atom stereocenters. The average Bonchev–Trinajstić information content (AvgIpc) is 3.01. The summed E-state index contributed by atoms with van der Waals surface area (Å²) < 4.78 is 10.9. The van der Waals surface area contributed by atoms with E-state index < -0.39 is 0 Å². The van der Waals surface area contributed by atoms with Crippen LogP contribution in [0.3, 0.4) is 0 Å². The highest BCUT2D eigenvalue weighted by molar-refractivity contribution is 5.40. The number of rotatable bonds is 4. The molecule has 0 aromatic heterocycles. The molecule has 1 saturated heterocycles. The molecule has 21 heavy (non-hydrogen) atoms. The Morgan fingerprint density at radius 1 is 1.24 bits per heavy atom. The Hall–Kier alpha value is -1.10. The molecule has 0 bridgehead atoms. The van der Waals surface area contributed by atoms with Crippen LogP contribution in [0.5, 0.6) is 5.75 Å². The molecule has 1 heterocycles. The van der Waals surface area contributed by atoms with E-state index in [0.29, 0.717) is 18.2 Å². The molecule has 0 spiro atoms. The Morgan fingerprint density at radius 3 is 2.76 bits per heavy atom. The number of nitrogens with one attached hydrogen (secondary N) is 1. The van der Waals surface area contributed by atoms with E-state index in [9.17, 15) is 0 Å². The van der Waals surface area contributed by atoms with E-state index in [1.165, 1.54) is 17.5 Å². The number of fused-ring (bicyclic) bond motifs is 1. The number of aryl methyl sites for hydroxylation is 1. The van der Waals surface area contributed by atoms with Gasteiger partial charge < -0.3 is 14.8 Å². The SMILES string of the molecule is CNC1c2cc(OC)ccc2CCC1N1CCC(OC)C1. The van der Waals surface area contributed by atoms with Gasteiger partial charge in [0, 0.05) is 32.3 Å². The second kappa shape index (κ2) is 6.34. The van der Waals surface area contributed by atoms with E-state index in [4.69, 9.17) is 9.47 Å². The van der Waals surface area contributed by atoms with Crippen LogP contribution in [-0.4, -0.2) is 51.4 Å². The van der Waals surface area contributed by atoms with Crippen molar-refractivity contribution in [3.63, 3.8) is 0 Å². The Balaban J connectivity index is 1.84. The number of hydrogen-bond donors (Lipinski definition) is 1. The molecule has 1 fully saturated rings. The van der Waals surface area contributed by atoms with Gasteiger partial charge in [-0.1, -0.05) is 6.07 Å². The minimum atomic E-state index is 0.374. The summed E-state index contributed by atoms with van der Waals surface area (Å²) in [6, 6.07) is 7.42. The maximum absolute atomic E-state index is 5.52. The van der Waals surface area contributed by atoms with Crippen LogP contribution in [0.4, 0.5) is 0 Å². The van der Waals surface area contributed by atoms with Gasteiger partial charge in [0.2, 0.25) is 0 Å².